The Labute approximate surface area is 223 Å². The van der Waals surface area contributed by atoms with Gasteiger partial charge in [-0.05, 0) is 50.8 Å². The van der Waals surface area contributed by atoms with Crippen LogP contribution in [0.5, 0.6) is 0 Å². The minimum atomic E-state index is -0.408. The SMILES string of the molecule is Cc1cc(-c2nc(C(=O)Nc3cc4sc(N5CCCC(O)C5)nc4nc3N3CCC(O)CC3)co2)ccn1. The molecule has 0 aromatic carbocycles. The Bertz CT molecular complexity index is 1460. The monoisotopic (exact) mass is 535 g/mol. The lowest BCUT2D eigenvalue weighted by Crippen LogP contribution is -2.38. The molecule has 2 aliphatic rings. The van der Waals surface area contributed by atoms with E-state index in [1.54, 1.807) is 12.3 Å². The van der Waals surface area contributed by atoms with Crippen molar-refractivity contribution in [2.24, 2.45) is 0 Å². The molecule has 2 saturated heterocycles. The van der Waals surface area contributed by atoms with E-state index in [1.165, 1.54) is 17.6 Å². The van der Waals surface area contributed by atoms with Gasteiger partial charge in [0.05, 0.1) is 22.6 Å². The average Bonchev–Trinajstić information content (AvgIpc) is 3.57. The summed E-state index contributed by atoms with van der Waals surface area (Å²) in [4.78, 5) is 35.6. The summed E-state index contributed by atoms with van der Waals surface area (Å²) in [7, 11) is 0. The molecule has 1 atom stereocenters. The molecule has 0 radical (unpaired) electrons. The fraction of sp³-hybridized carbons (Fsp3) is 0.423. The number of oxazole rings is 1. The Morgan fingerprint density at radius 3 is 2.71 bits per heavy atom. The first-order valence-corrected chi connectivity index (χ1v) is 13.6. The molecule has 1 amide bonds. The first kappa shape index (κ1) is 24.7. The number of aliphatic hydroxyl groups is 2. The summed E-state index contributed by atoms with van der Waals surface area (Å²) in [5.74, 6) is 0.547. The smallest absolute Gasteiger partial charge is 0.277 e. The van der Waals surface area contributed by atoms with Crippen LogP contribution in [0.1, 0.15) is 41.9 Å². The number of amides is 1. The fourth-order valence-corrected chi connectivity index (χ4v) is 5.88. The van der Waals surface area contributed by atoms with E-state index in [4.69, 9.17) is 14.4 Å². The molecule has 3 N–H and O–H groups in total. The van der Waals surface area contributed by atoms with Crippen LogP contribution in [0.4, 0.5) is 16.6 Å². The molecule has 2 fully saturated rings. The second kappa shape index (κ2) is 10.3. The number of hydrogen-bond donors (Lipinski definition) is 3. The van der Waals surface area contributed by atoms with Gasteiger partial charge < -0.3 is 29.7 Å². The highest BCUT2D eigenvalue weighted by atomic mass is 32.1. The molecule has 6 rings (SSSR count). The minimum Gasteiger partial charge on any atom is -0.444 e. The van der Waals surface area contributed by atoms with Gasteiger partial charge in [-0.3, -0.25) is 9.78 Å². The van der Waals surface area contributed by atoms with E-state index < -0.39 is 5.91 Å². The standard InChI is InChI=1S/C26H29N7O4S/c1-15-11-16(4-7-27-15)25-29-20(14-37-25)24(36)28-19-12-21-22(30-23(19)32-9-5-17(34)6-10-32)31-26(38-21)33-8-2-3-18(35)13-33/h4,7,11-12,14,17-18,34-35H,2-3,5-6,8-10,13H2,1H3,(H,28,36). The fourth-order valence-electron chi connectivity index (χ4n) is 4.89. The molecule has 2 aliphatic heterocycles. The molecule has 4 aromatic heterocycles. The Morgan fingerprint density at radius 2 is 1.92 bits per heavy atom. The number of hydrogen-bond acceptors (Lipinski definition) is 11. The molecule has 38 heavy (non-hydrogen) atoms. The van der Waals surface area contributed by atoms with Crippen LogP contribution in [-0.4, -0.2) is 74.4 Å². The van der Waals surface area contributed by atoms with Gasteiger partial charge in [0.15, 0.2) is 22.3 Å². The van der Waals surface area contributed by atoms with Crippen molar-refractivity contribution in [2.45, 2.75) is 44.8 Å². The van der Waals surface area contributed by atoms with Crippen molar-refractivity contribution in [3.05, 3.63) is 42.0 Å². The van der Waals surface area contributed by atoms with Crippen LogP contribution in [0.25, 0.3) is 21.8 Å². The van der Waals surface area contributed by atoms with Gasteiger partial charge in [0, 0.05) is 43.6 Å². The van der Waals surface area contributed by atoms with E-state index in [0.29, 0.717) is 55.5 Å². The molecular weight excluding hydrogens is 506 g/mol. The number of aryl methyl sites for hydroxylation is 1. The normalized spacial score (nSPS) is 18.8. The summed E-state index contributed by atoms with van der Waals surface area (Å²) in [6.07, 6.45) is 5.27. The van der Waals surface area contributed by atoms with Gasteiger partial charge in [-0.25, -0.2) is 9.97 Å². The number of nitrogens with zero attached hydrogens (tertiary/aromatic N) is 6. The first-order valence-electron chi connectivity index (χ1n) is 12.8. The first-order chi connectivity index (χ1) is 18.4. The molecule has 11 nitrogen and oxygen atoms in total. The third-order valence-corrected chi connectivity index (χ3v) is 7.96. The summed E-state index contributed by atoms with van der Waals surface area (Å²) in [6.45, 7) is 4.50. The maximum Gasteiger partial charge on any atom is 0.277 e. The number of carbonyl (C=O) groups is 1. The molecule has 0 spiro atoms. The van der Waals surface area contributed by atoms with E-state index in [2.05, 4.69) is 25.1 Å². The van der Waals surface area contributed by atoms with Crippen molar-refractivity contribution < 1.29 is 19.4 Å². The van der Waals surface area contributed by atoms with E-state index in [1.807, 2.05) is 19.1 Å². The summed E-state index contributed by atoms with van der Waals surface area (Å²) in [5.41, 5.74) is 2.87. The van der Waals surface area contributed by atoms with Crippen LogP contribution in [0.2, 0.25) is 0 Å². The molecule has 6 heterocycles. The molecule has 1 unspecified atom stereocenters. The van der Waals surface area contributed by atoms with Crippen LogP contribution >= 0.6 is 11.3 Å². The number of rotatable bonds is 5. The molecule has 0 saturated carbocycles. The van der Waals surface area contributed by atoms with E-state index in [9.17, 15) is 15.0 Å². The number of carbonyl (C=O) groups excluding carboxylic acids is 1. The van der Waals surface area contributed by atoms with Gasteiger partial charge in [-0.15, -0.1) is 0 Å². The minimum absolute atomic E-state index is 0.155. The third-order valence-electron chi connectivity index (χ3n) is 6.91. The summed E-state index contributed by atoms with van der Waals surface area (Å²) in [6, 6.07) is 5.52. The molecular formula is C26H29N7O4S. The number of aromatic nitrogens is 4. The maximum atomic E-state index is 13.3. The molecule has 0 aliphatic carbocycles. The quantitative estimate of drug-likeness (QED) is 0.349. The number of nitrogens with one attached hydrogen (secondary N) is 1. The zero-order valence-corrected chi connectivity index (χ0v) is 21.8. The highest BCUT2D eigenvalue weighted by Crippen LogP contribution is 2.36. The number of piperidine rings is 2. The van der Waals surface area contributed by atoms with Gasteiger partial charge in [-0.1, -0.05) is 11.3 Å². The van der Waals surface area contributed by atoms with Crippen molar-refractivity contribution in [3.8, 4) is 11.5 Å². The Hall–Kier alpha value is -3.61. The van der Waals surface area contributed by atoms with Crippen molar-refractivity contribution in [1.29, 1.82) is 0 Å². The van der Waals surface area contributed by atoms with Gasteiger partial charge in [0.2, 0.25) is 5.89 Å². The van der Waals surface area contributed by atoms with Crippen molar-refractivity contribution in [2.75, 3.05) is 41.3 Å². The van der Waals surface area contributed by atoms with E-state index in [0.717, 1.165) is 40.5 Å². The lowest BCUT2D eigenvalue weighted by atomic mass is 10.1. The lowest BCUT2D eigenvalue weighted by Gasteiger charge is -2.31. The second-order valence-electron chi connectivity index (χ2n) is 9.82. The third kappa shape index (κ3) is 5.06. The molecule has 0 bridgehead atoms. The van der Waals surface area contributed by atoms with E-state index in [-0.39, 0.29) is 17.9 Å². The predicted molar refractivity (Wildman–Crippen MR) is 145 cm³/mol. The highest BCUT2D eigenvalue weighted by molar-refractivity contribution is 7.22. The predicted octanol–water partition coefficient (Wildman–Crippen LogP) is 3.22. The van der Waals surface area contributed by atoms with Gasteiger partial charge in [-0.2, -0.15) is 4.98 Å². The summed E-state index contributed by atoms with van der Waals surface area (Å²) in [5, 5.41) is 23.9. The number of fused-ring (bicyclic) bond motifs is 1. The molecule has 4 aromatic rings. The van der Waals surface area contributed by atoms with Gasteiger partial charge in [0.1, 0.15) is 6.26 Å². The van der Waals surface area contributed by atoms with E-state index >= 15 is 0 Å². The van der Waals surface area contributed by atoms with Gasteiger partial charge >= 0.3 is 0 Å². The molecule has 12 heteroatoms. The van der Waals surface area contributed by atoms with Crippen LogP contribution in [-0.2, 0) is 0 Å². The molecule has 198 valence electrons. The van der Waals surface area contributed by atoms with Gasteiger partial charge in [0.25, 0.3) is 5.91 Å². The zero-order chi connectivity index (χ0) is 26.2. The van der Waals surface area contributed by atoms with Crippen molar-refractivity contribution >= 4 is 44.2 Å². The van der Waals surface area contributed by atoms with Crippen LogP contribution in [0, 0.1) is 6.92 Å². The zero-order valence-electron chi connectivity index (χ0n) is 21.0. The Balaban J connectivity index is 1.31. The van der Waals surface area contributed by atoms with Crippen LogP contribution in [0.3, 0.4) is 0 Å². The lowest BCUT2D eigenvalue weighted by molar-refractivity contribution is 0.102. The summed E-state index contributed by atoms with van der Waals surface area (Å²) >= 11 is 1.49. The van der Waals surface area contributed by atoms with Crippen molar-refractivity contribution in [1.82, 2.24) is 19.9 Å². The largest absolute Gasteiger partial charge is 0.444 e. The van der Waals surface area contributed by atoms with Crippen LogP contribution in [0.15, 0.2) is 35.1 Å². The number of anilines is 3. The summed E-state index contributed by atoms with van der Waals surface area (Å²) < 4.78 is 6.42. The number of thiazole rings is 1. The topological polar surface area (TPSA) is 141 Å². The number of aliphatic hydroxyl groups excluding tert-OH is 2. The van der Waals surface area contributed by atoms with Crippen LogP contribution < -0.4 is 15.1 Å². The highest BCUT2D eigenvalue weighted by Gasteiger charge is 2.26. The Kier molecular flexibility index (Phi) is 6.68. The maximum absolute atomic E-state index is 13.3. The number of β-amino-alcohol motifs (C(OH)–C–C–N with tert-alkyl or cyclic N) is 1. The number of pyridine rings is 2. The van der Waals surface area contributed by atoms with Crippen molar-refractivity contribution in [3.63, 3.8) is 0 Å². The second-order valence-corrected chi connectivity index (χ2v) is 10.8. The average molecular weight is 536 g/mol. The Morgan fingerprint density at radius 1 is 1.08 bits per heavy atom.